The number of aliphatic hydroxyl groups excluding tert-OH is 1. The van der Waals surface area contributed by atoms with Crippen molar-refractivity contribution in [2.45, 2.75) is 19.0 Å². The molecule has 1 fully saturated rings. The van der Waals surface area contributed by atoms with Gasteiger partial charge in [0, 0.05) is 31.5 Å². The molecule has 1 aliphatic rings. The average Bonchev–Trinajstić information content (AvgIpc) is 2.68. The van der Waals surface area contributed by atoms with Gasteiger partial charge in [0.05, 0.1) is 11.3 Å². The van der Waals surface area contributed by atoms with Gasteiger partial charge in [0.15, 0.2) is 5.82 Å². The predicted octanol–water partition coefficient (Wildman–Crippen LogP) is 3.56. The molecule has 3 rings (SSSR count). The van der Waals surface area contributed by atoms with Crippen LogP contribution < -0.4 is 10.2 Å². The maximum atomic E-state index is 12.6. The Labute approximate surface area is 154 Å². The van der Waals surface area contributed by atoms with Gasteiger partial charge in [-0.25, -0.2) is 4.98 Å². The number of aromatic nitrogens is 1. The number of halogens is 3. The maximum absolute atomic E-state index is 12.6. The lowest BCUT2D eigenvalue weighted by Crippen LogP contribution is -2.35. The number of carbonyl (C=O) groups is 1. The molecule has 1 aromatic heterocycles. The van der Waals surface area contributed by atoms with Gasteiger partial charge in [-0.15, -0.1) is 0 Å². The molecule has 0 atom stereocenters. The number of carbonyl (C=O) groups excluding carboxylic acids is 1. The average molecular weight is 379 g/mol. The van der Waals surface area contributed by atoms with Crippen LogP contribution in [0.5, 0.6) is 0 Å². The zero-order valence-corrected chi connectivity index (χ0v) is 14.5. The van der Waals surface area contributed by atoms with Crippen molar-refractivity contribution in [3.63, 3.8) is 0 Å². The number of hydrogen-bond donors (Lipinski definition) is 2. The third-order valence-electron chi connectivity index (χ3n) is 4.68. The van der Waals surface area contributed by atoms with E-state index in [1.54, 1.807) is 18.3 Å². The summed E-state index contributed by atoms with van der Waals surface area (Å²) in [6.45, 7) is 1.59. The Morgan fingerprint density at radius 2 is 1.85 bits per heavy atom. The Balaban J connectivity index is 1.73. The van der Waals surface area contributed by atoms with Gasteiger partial charge in [-0.3, -0.25) is 4.79 Å². The number of benzene rings is 1. The van der Waals surface area contributed by atoms with Crippen LogP contribution >= 0.6 is 0 Å². The minimum atomic E-state index is -4.44. The largest absolute Gasteiger partial charge is 0.416 e. The molecule has 8 heteroatoms. The van der Waals surface area contributed by atoms with Crippen molar-refractivity contribution >= 4 is 17.4 Å². The second kappa shape index (κ2) is 7.96. The van der Waals surface area contributed by atoms with Gasteiger partial charge in [-0.2, -0.15) is 13.2 Å². The fraction of sp³-hybridized carbons (Fsp3) is 0.368. The summed E-state index contributed by atoms with van der Waals surface area (Å²) in [6.07, 6.45) is -1.15. The minimum absolute atomic E-state index is 0.136. The van der Waals surface area contributed by atoms with Crippen LogP contribution in [-0.4, -0.2) is 35.7 Å². The Bertz CT molecular complexity index is 786. The second-order valence-corrected chi connectivity index (χ2v) is 6.52. The van der Waals surface area contributed by atoms with Crippen LogP contribution in [0.1, 0.15) is 28.8 Å². The van der Waals surface area contributed by atoms with E-state index in [-0.39, 0.29) is 18.1 Å². The zero-order valence-electron chi connectivity index (χ0n) is 14.5. The molecule has 27 heavy (non-hydrogen) atoms. The SMILES string of the molecule is O=C(Nc1cccnc1N1CCC(CO)CC1)c1ccc(C(F)(F)F)cc1. The molecule has 2 N–H and O–H groups in total. The van der Waals surface area contributed by atoms with Gasteiger partial charge in [0.2, 0.25) is 0 Å². The molecule has 0 bridgehead atoms. The number of nitrogens with one attached hydrogen (secondary N) is 1. The standard InChI is InChI=1S/C19H20F3N3O2/c20-19(21,22)15-5-3-14(4-6-15)18(27)24-16-2-1-9-23-17(16)25-10-7-13(12-26)8-11-25/h1-6,9,13,26H,7-8,10-12H2,(H,24,27). The third-order valence-corrected chi connectivity index (χ3v) is 4.68. The van der Waals surface area contributed by atoms with Crippen molar-refractivity contribution in [3.05, 3.63) is 53.7 Å². The third kappa shape index (κ3) is 4.57. The number of aliphatic hydroxyl groups is 1. The van der Waals surface area contributed by atoms with Gasteiger partial charge in [-0.05, 0) is 55.2 Å². The molecule has 0 aliphatic carbocycles. The Morgan fingerprint density at radius 1 is 1.19 bits per heavy atom. The quantitative estimate of drug-likeness (QED) is 0.853. The van der Waals surface area contributed by atoms with Crippen LogP contribution in [0.2, 0.25) is 0 Å². The van der Waals surface area contributed by atoms with Crippen molar-refractivity contribution in [2.24, 2.45) is 5.92 Å². The molecule has 0 radical (unpaired) electrons. The molecule has 5 nitrogen and oxygen atoms in total. The summed E-state index contributed by atoms with van der Waals surface area (Å²) in [7, 11) is 0. The fourth-order valence-corrected chi connectivity index (χ4v) is 3.08. The van der Waals surface area contributed by atoms with E-state index in [4.69, 9.17) is 0 Å². The lowest BCUT2D eigenvalue weighted by atomic mass is 9.98. The molecule has 0 saturated carbocycles. The molecule has 0 spiro atoms. The first-order chi connectivity index (χ1) is 12.9. The Kier molecular flexibility index (Phi) is 5.65. The minimum Gasteiger partial charge on any atom is -0.396 e. The summed E-state index contributed by atoms with van der Waals surface area (Å²) < 4.78 is 37.9. The second-order valence-electron chi connectivity index (χ2n) is 6.52. The number of nitrogens with zero attached hydrogens (tertiary/aromatic N) is 2. The summed E-state index contributed by atoms with van der Waals surface area (Å²) in [4.78, 5) is 18.8. The van der Waals surface area contributed by atoms with E-state index in [0.29, 0.717) is 24.6 Å². The highest BCUT2D eigenvalue weighted by molar-refractivity contribution is 6.05. The van der Waals surface area contributed by atoms with Gasteiger partial charge in [-0.1, -0.05) is 0 Å². The predicted molar refractivity (Wildman–Crippen MR) is 95.7 cm³/mol. The number of rotatable bonds is 4. The van der Waals surface area contributed by atoms with E-state index < -0.39 is 17.6 Å². The van der Waals surface area contributed by atoms with E-state index in [2.05, 4.69) is 10.3 Å². The summed E-state index contributed by atoms with van der Waals surface area (Å²) in [5.74, 6) is 0.396. The number of pyridine rings is 1. The zero-order chi connectivity index (χ0) is 19.4. The molecule has 144 valence electrons. The molecule has 2 heterocycles. The van der Waals surface area contributed by atoms with Crippen molar-refractivity contribution in [2.75, 3.05) is 29.9 Å². The van der Waals surface area contributed by atoms with Crippen LogP contribution in [0.25, 0.3) is 0 Å². The van der Waals surface area contributed by atoms with Crippen LogP contribution in [-0.2, 0) is 6.18 Å². The normalized spacial score (nSPS) is 15.6. The number of amides is 1. The van der Waals surface area contributed by atoms with Gasteiger partial charge >= 0.3 is 6.18 Å². The van der Waals surface area contributed by atoms with Crippen molar-refractivity contribution in [3.8, 4) is 0 Å². The highest BCUT2D eigenvalue weighted by atomic mass is 19.4. The highest BCUT2D eigenvalue weighted by Crippen LogP contribution is 2.30. The molecular formula is C19H20F3N3O2. The summed E-state index contributed by atoms with van der Waals surface area (Å²) in [5.41, 5.74) is -0.158. The monoisotopic (exact) mass is 379 g/mol. The molecule has 1 aromatic carbocycles. The topological polar surface area (TPSA) is 65.5 Å². The fourth-order valence-electron chi connectivity index (χ4n) is 3.08. The highest BCUT2D eigenvalue weighted by Gasteiger charge is 2.30. The summed E-state index contributed by atoms with van der Waals surface area (Å²) in [6, 6.07) is 7.48. The van der Waals surface area contributed by atoms with Crippen LogP contribution in [0.15, 0.2) is 42.6 Å². The van der Waals surface area contributed by atoms with E-state index in [9.17, 15) is 23.1 Å². The van der Waals surface area contributed by atoms with Gasteiger partial charge < -0.3 is 15.3 Å². The smallest absolute Gasteiger partial charge is 0.396 e. The number of hydrogen-bond acceptors (Lipinski definition) is 4. The maximum Gasteiger partial charge on any atom is 0.416 e. The van der Waals surface area contributed by atoms with Crippen LogP contribution in [0.4, 0.5) is 24.7 Å². The summed E-state index contributed by atoms with van der Waals surface area (Å²) in [5, 5.41) is 12.0. The number of piperidine rings is 1. The van der Waals surface area contributed by atoms with Crippen LogP contribution in [0.3, 0.4) is 0 Å². The first kappa shape index (κ1) is 19.2. The van der Waals surface area contributed by atoms with E-state index >= 15 is 0 Å². The lowest BCUT2D eigenvalue weighted by Gasteiger charge is -2.33. The van der Waals surface area contributed by atoms with E-state index in [1.165, 1.54) is 0 Å². The molecular weight excluding hydrogens is 359 g/mol. The molecule has 1 amide bonds. The molecule has 2 aromatic rings. The van der Waals surface area contributed by atoms with Crippen molar-refractivity contribution in [1.82, 2.24) is 4.98 Å². The summed E-state index contributed by atoms with van der Waals surface area (Å²) >= 11 is 0. The van der Waals surface area contributed by atoms with Crippen molar-refractivity contribution in [1.29, 1.82) is 0 Å². The lowest BCUT2D eigenvalue weighted by molar-refractivity contribution is -0.137. The first-order valence-electron chi connectivity index (χ1n) is 8.68. The molecule has 1 saturated heterocycles. The van der Waals surface area contributed by atoms with E-state index in [0.717, 1.165) is 37.1 Å². The van der Waals surface area contributed by atoms with Gasteiger partial charge in [0.1, 0.15) is 0 Å². The number of anilines is 2. The van der Waals surface area contributed by atoms with Crippen LogP contribution in [0, 0.1) is 5.92 Å². The van der Waals surface area contributed by atoms with Crippen molar-refractivity contribution < 1.29 is 23.1 Å². The van der Waals surface area contributed by atoms with E-state index in [1.807, 2.05) is 4.90 Å². The Morgan fingerprint density at radius 3 is 2.44 bits per heavy atom. The molecule has 1 aliphatic heterocycles. The Hall–Kier alpha value is -2.61. The first-order valence-corrected chi connectivity index (χ1v) is 8.68. The molecule has 0 unspecified atom stereocenters. The van der Waals surface area contributed by atoms with Gasteiger partial charge in [0.25, 0.3) is 5.91 Å². The number of alkyl halides is 3.